The summed E-state index contributed by atoms with van der Waals surface area (Å²) in [5.74, 6) is 0.204. The highest BCUT2D eigenvalue weighted by atomic mass is 19.1. The third kappa shape index (κ3) is 3.19. The van der Waals surface area contributed by atoms with Gasteiger partial charge in [0.1, 0.15) is 11.8 Å². The van der Waals surface area contributed by atoms with E-state index in [1.807, 2.05) is 32.9 Å². The van der Waals surface area contributed by atoms with E-state index in [-0.39, 0.29) is 24.1 Å². The van der Waals surface area contributed by atoms with E-state index in [1.165, 1.54) is 0 Å². The summed E-state index contributed by atoms with van der Waals surface area (Å²) in [7, 11) is 0. The standard InChI is InChI=1S/C17H25FN2O2/c1-17(2,3)22-16(21)20-15-13-9-8-12(19-13)14(15)10-4-6-11(18)7-5-10/h4-6,11-15,19H,7-9H2,1-3H3,(H,20,21)/t11-,12?,13?,14?,15?/m1/s1. The van der Waals surface area contributed by atoms with Crippen LogP contribution >= 0.6 is 0 Å². The van der Waals surface area contributed by atoms with Gasteiger partial charge in [-0.15, -0.1) is 0 Å². The highest BCUT2D eigenvalue weighted by molar-refractivity contribution is 5.68. The molecular weight excluding hydrogens is 283 g/mol. The molecule has 0 aromatic rings. The predicted molar refractivity (Wildman–Crippen MR) is 83.3 cm³/mol. The fraction of sp³-hybridized carbons (Fsp3) is 0.706. The molecule has 1 amide bonds. The zero-order valence-corrected chi connectivity index (χ0v) is 13.4. The molecular formula is C17H25FN2O2. The first-order valence-electron chi connectivity index (χ1n) is 8.11. The Labute approximate surface area is 131 Å². The van der Waals surface area contributed by atoms with E-state index in [1.54, 1.807) is 6.08 Å². The summed E-state index contributed by atoms with van der Waals surface area (Å²) >= 11 is 0. The van der Waals surface area contributed by atoms with Gasteiger partial charge in [-0.2, -0.15) is 0 Å². The summed E-state index contributed by atoms with van der Waals surface area (Å²) < 4.78 is 18.7. The van der Waals surface area contributed by atoms with Gasteiger partial charge in [-0.3, -0.25) is 0 Å². The van der Waals surface area contributed by atoms with Crippen molar-refractivity contribution in [3.8, 4) is 0 Å². The number of nitrogens with one attached hydrogen (secondary N) is 2. The molecule has 2 bridgehead atoms. The molecule has 2 aliphatic heterocycles. The zero-order chi connectivity index (χ0) is 15.9. The van der Waals surface area contributed by atoms with Crippen molar-refractivity contribution in [2.45, 2.75) is 69.9 Å². The van der Waals surface area contributed by atoms with Gasteiger partial charge in [0.25, 0.3) is 0 Å². The Kier molecular flexibility index (Phi) is 4.02. The summed E-state index contributed by atoms with van der Waals surface area (Å²) in [4.78, 5) is 12.1. The smallest absolute Gasteiger partial charge is 0.407 e. The summed E-state index contributed by atoms with van der Waals surface area (Å²) in [6, 6.07) is 0.651. The molecule has 122 valence electrons. The molecule has 0 aromatic carbocycles. The van der Waals surface area contributed by atoms with Crippen molar-refractivity contribution in [3.63, 3.8) is 0 Å². The lowest BCUT2D eigenvalue weighted by molar-refractivity contribution is 0.0486. The minimum Gasteiger partial charge on any atom is -0.444 e. The third-order valence-corrected chi connectivity index (χ3v) is 4.62. The molecule has 0 aromatic heterocycles. The number of ether oxygens (including phenoxy) is 1. The number of alkyl halides is 1. The normalized spacial score (nSPS) is 37.1. The fourth-order valence-electron chi connectivity index (χ4n) is 3.80. The lowest BCUT2D eigenvalue weighted by atomic mass is 9.78. The van der Waals surface area contributed by atoms with E-state index in [0.29, 0.717) is 12.5 Å². The maximum absolute atomic E-state index is 13.3. The van der Waals surface area contributed by atoms with Crippen LogP contribution in [0.25, 0.3) is 0 Å². The number of hydrogen-bond acceptors (Lipinski definition) is 3. The average molecular weight is 308 g/mol. The quantitative estimate of drug-likeness (QED) is 0.825. The van der Waals surface area contributed by atoms with Crippen LogP contribution < -0.4 is 10.6 Å². The topological polar surface area (TPSA) is 50.4 Å². The van der Waals surface area contributed by atoms with Crippen molar-refractivity contribution < 1.29 is 13.9 Å². The number of carbonyl (C=O) groups is 1. The number of rotatable bonds is 2. The van der Waals surface area contributed by atoms with E-state index in [4.69, 9.17) is 4.74 Å². The number of amides is 1. The van der Waals surface area contributed by atoms with Gasteiger partial charge in [-0.05, 0) is 39.2 Å². The molecule has 22 heavy (non-hydrogen) atoms. The Morgan fingerprint density at radius 3 is 2.73 bits per heavy atom. The minimum absolute atomic E-state index is 0.0145. The van der Waals surface area contributed by atoms with Crippen molar-refractivity contribution in [2.75, 3.05) is 0 Å². The summed E-state index contributed by atoms with van der Waals surface area (Å²) in [6.45, 7) is 5.57. The lowest BCUT2D eigenvalue weighted by Gasteiger charge is -2.32. The molecule has 4 unspecified atom stereocenters. The molecule has 2 fully saturated rings. The van der Waals surface area contributed by atoms with Crippen LogP contribution in [0.5, 0.6) is 0 Å². The second-order valence-corrected chi connectivity index (χ2v) is 7.47. The van der Waals surface area contributed by atoms with Crippen LogP contribution in [0.15, 0.2) is 23.8 Å². The first kappa shape index (κ1) is 15.5. The molecule has 2 N–H and O–H groups in total. The molecule has 1 aliphatic carbocycles. The van der Waals surface area contributed by atoms with Crippen molar-refractivity contribution in [3.05, 3.63) is 23.8 Å². The Bertz CT molecular complexity index is 509. The first-order chi connectivity index (χ1) is 10.3. The predicted octanol–water partition coefficient (Wildman–Crippen LogP) is 2.85. The monoisotopic (exact) mass is 308 g/mol. The van der Waals surface area contributed by atoms with Crippen LogP contribution in [-0.4, -0.2) is 36.0 Å². The summed E-state index contributed by atoms with van der Waals surface area (Å²) in [6.07, 6.45) is 6.81. The van der Waals surface area contributed by atoms with Gasteiger partial charge in [0.15, 0.2) is 0 Å². The van der Waals surface area contributed by atoms with Gasteiger partial charge in [-0.1, -0.05) is 18.2 Å². The van der Waals surface area contributed by atoms with Crippen LogP contribution in [0.2, 0.25) is 0 Å². The SMILES string of the molecule is CC(C)(C)OC(=O)NC1C2CCC(N2)C1C1=CC[C@H](F)C=C1. The Hall–Kier alpha value is -1.36. The van der Waals surface area contributed by atoms with Gasteiger partial charge in [-0.25, -0.2) is 9.18 Å². The second-order valence-electron chi connectivity index (χ2n) is 7.47. The Morgan fingerprint density at radius 2 is 2.09 bits per heavy atom. The summed E-state index contributed by atoms with van der Waals surface area (Å²) in [5.41, 5.74) is 0.630. The molecule has 0 spiro atoms. The molecule has 3 rings (SSSR count). The van der Waals surface area contributed by atoms with Crippen LogP contribution in [-0.2, 0) is 4.74 Å². The maximum atomic E-state index is 13.3. The molecule has 2 heterocycles. The number of allylic oxidation sites excluding steroid dienone is 3. The number of hydrogen-bond donors (Lipinski definition) is 2. The van der Waals surface area contributed by atoms with Crippen molar-refractivity contribution >= 4 is 6.09 Å². The minimum atomic E-state index is -0.882. The van der Waals surface area contributed by atoms with Crippen LogP contribution in [0.4, 0.5) is 9.18 Å². The Balaban J connectivity index is 1.71. The van der Waals surface area contributed by atoms with Crippen molar-refractivity contribution in [1.82, 2.24) is 10.6 Å². The number of alkyl carbamates (subject to hydrolysis) is 1. The molecule has 0 saturated carbocycles. The van der Waals surface area contributed by atoms with E-state index in [2.05, 4.69) is 10.6 Å². The van der Waals surface area contributed by atoms with E-state index in [0.717, 1.165) is 18.4 Å². The van der Waals surface area contributed by atoms with Crippen LogP contribution in [0.1, 0.15) is 40.0 Å². The number of fused-ring (bicyclic) bond motifs is 2. The highest BCUT2D eigenvalue weighted by Crippen LogP contribution is 2.39. The first-order valence-corrected chi connectivity index (χ1v) is 8.11. The molecule has 3 aliphatic rings. The van der Waals surface area contributed by atoms with Gasteiger partial charge in [0.05, 0.1) is 6.04 Å². The maximum Gasteiger partial charge on any atom is 0.407 e. The number of carbonyl (C=O) groups excluding carboxylic acids is 1. The largest absolute Gasteiger partial charge is 0.444 e. The highest BCUT2D eigenvalue weighted by Gasteiger charge is 2.49. The second kappa shape index (κ2) is 5.69. The van der Waals surface area contributed by atoms with Gasteiger partial charge < -0.3 is 15.4 Å². The van der Waals surface area contributed by atoms with E-state index in [9.17, 15) is 9.18 Å². The van der Waals surface area contributed by atoms with Crippen molar-refractivity contribution in [1.29, 1.82) is 0 Å². The third-order valence-electron chi connectivity index (χ3n) is 4.62. The van der Waals surface area contributed by atoms with E-state index < -0.39 is 11.8 Å². The van der Waals surface area contributed by atoms with Gasteiger partial charge in [0.2, 0.25) is 0 Å². The van der Waals surface area contributed by atoms with Gasteiger partial charge >= 0.3 is 6.09 Å². The number of halogens is 1. The average Bonchev–Trinajstić information content (AvgIpc) is 2.98. The molecule has 5 heteroatoms. The van der Waals surface area contributed by atoms with Crippen LogP contribution in [0, 0.1) is 5.92 Å². The van der Waals surface area contributed by atoms with Gasteiger partial charge in [0, 0.05) is 24.4 Å². The molecule has 2 saturated heterocycles. The van der Waals surface area contributed by atoms with E-state index >= 15 is 0 Å². The van der Waals surface area contributed by atoms with Crippen molar-refractivity contribution in [2.24, 2.45) is 5.92 Å². The molecule has 0 radical (unpaired) electrons. The molecule has 4 nitrogen and oxygen atoms in total. The zero-order valence-electron chi connectivity index (χ0n) is 13.4. The Morgan fingerprint density at radius 1 is 1.36 bits per heavy atom. The fourth-order valence-corrected chi connectivity index (χ4v) is 3.80. The summed E-state index contributed by atoms with van der Waals surface area (Å²) in [5, 5.41) is 6.60. The molecule has 5 atom stereocenters. The lowest BCUT2D eigenvalue weighted by Crippen LogP contribution is -2.49. The van der Waals surface area contributed by atoms with Crippen LogP contribution in [0.3, 0.4) is 0 Å².